The van der Waals surface area contributed by atoms with E-state index in [1.165, 1.54) is 0 Å². The lowest BCUT2D eigenvalue weighted by molar-refractivity contribution is -0.167. The summed E-state index contributed by atoms with van der Waals surface area (Å²) in [6.07, 6.45) is 2.68. The van der Waals surface area contributed by atoms with Crippen LogP contribution >= 0.6 is 0 Å². The summed E-state index contributed by atoms with van der Waals surface area (Å²) >= 11 is 0. The van der Waals surface area contributed by atoms with Crippen LogP contribution in [0.5, 0.6) is 0 Å². The van der Waals surface area contributed by atoms with Crippen LogP contribution in [0.4, 0.5) is 0 Å². The first kappa shape index (κ1) is 14.1. The Kier molecular flexibility index (Phi) is 3.45. The fourth-order valence-corrected chi connectivity index (χ4v) is 3.54. The third-order valence-electron chi connectivity index (χ3n) is 4.80. The van der Waals surface area contributed by atoms with Crippen molar-refractivity contribution in [3.05, 3.63) is 35.9 Å². The van der Waals surface area contributed by atoms with Crippen LogP contribution in [0.2, 0.25) is 0 Å². The van der Waals surface area contributed by atoms with Gasteiger partial charge in [0, 0.05) is 24.9 Å². The van der Waals surface area contributed by atoms with Crippen molar-refractivity contribution in [3.8, 4) is 0 Å². The van der Waals surface area contributed by atoms with Crippen LogP contribution in [0.25, 0.3) is 0 Å². The molecule has 0 aromatic heterocycles. The zero-order chi connectivity index (χ0) is 15.0. The van der Waals surface area contributed by atoms with Crippen LogP contribution in [0, 0.1) is 0 Å². The molecule has 2 aliphatic heterocycles. The number of carbonyl (C=O) groups is 2. The van der Waals surface area contributed by atoms with Gasteiger partial charge in [0.2, 0.25) is 5.60 Å². The Balaban J connectivity index is 1.83. The van der Waals surface area contributed by atoms with Crippen molar-refractivity contribution < 1.29 is 19.4 Å². The highest BCUT2D eigenvalue weighted by molar-refractivity contribution is 5.92. The summed E-state index contributed by atoms with van der Waals surface area (Å²) in [5.74, 6) is -1.58. The van der Waals surface area contributed by atoms with Crippen LogP contribution in [0.3, 0.4) is 0 Å². The van der Waals surface area contributed by atoms with Gasteiger partial charge < -0.3 is 14.7 Å². The van der Waals surface area contributed by atoms with Crippen molar-refractivity contribution in [2.75, 3.05) is 7.05 Å². The van der Waals surface area contributed by atoms with E-state index in [9.17, 15) is 14.7 Å². The molecule has 1 aromatic carbocycles. The Hall–Kier alpha value is -1.88. The Labute approximate surface area is 123 Å². The minimum absolute atomic E-state index is 0.184. The lowest BCUT2D eigenvalue weighted by Crippen LogP contribution is -2.55. The predicted octanol–water partition coefficient (Wildman–Crippen LogP) is 1.92. The highest BCUT2D eigenvalue weighted by atomic mass is 16.6. The number of nitrogens with zero attached hydrogens (tertiary/aromatic N) is 1. The van der Waals surface area contributed by atoms with Gasteiger partial charge in [0.05, 0.1) is 5.56 Å². The molecule has 2 saturated heterocycles. The van der Waals surface area contributed by atoms with Crippen LogP contribution in [-0.2, 0) is 9.53 Å². The number of piperidine rings is 1. The smallest absolute Gasteiger partial charge is 0.348 e. The van der Waals surface area contributed by atoms with Gasteiger partial charge in [-0.1, -0.05) is 18.2 Å². The number of rotatable bonds is 3. The van der Waals surface area contributed by atoms with E-state index in [0.717, 1.165) is 12.8 Å². The van der Waals surface area contributed by atoms with Crippen molar-refractivity contribution >= 4 is 11.9 Å². The minimum atomic E-state index is -1.38. The normalized spacial score (nSPS) is 31.9. The third kappa shape index (κ3) is 2.42. The molecule has 0 radical (unpaired) electrons. The number of carbonyl (C=O) groups excluding carboxylic acids is 1. The average molecular weight is 289 g/mol. The number of aliphatic carboxylic acids is 1. The summed E-state index contributed by atoms with van der Waals surface area (Å²) in [5, 5.41) is 9.64. The summed E-state index contributed by atoms with van der Waals surface area (Å²) in [6.45, 7) is 0. The maximum Gasteiger partial charge on any atom is 0.348 e. The highest BCUT2D eigenvalue weighted by Gasteiger charge is 2.54. The molecule has 2 fully saturated rings. The lowest BCUT2D eigenvalue weighted by Gasteiger charge is -2.41. The fraction of sp³-hybridized carbons (Fsp3) is 0.500. The molecule has 21 heavy (non-hydrogen) atoms. The number of carboxylic acids is 1. The molecule has 0 spiro atoms. The van der Waals surface area contributed by atoms with E-state index in [1.807, 2.05) is 7.05 Å². The van der Waals surface area contributed by atoms with Crippen LogP contribution in [0.1, 0.15) is 36.0 Å². The van der Waals surface area contributed by atoms with E-state index in [1.54, 1.807) is 30.3 Å². The van der Waals surface area contributed by atoms with Gasteiger partial charge in [-0.05, 0) is 32.0 Å². The molecule has 112 valence electrons. The molecule has 0 aliphatic carbocycles. The number of carboxylic acid groups (broad SMARTS) is 1. The molecular formula is C16H19NO4. The lowest BCUT2D eigenvalue weighted by atomic mass is 9.86. The van der Waals surface area contributed by atoms with Crippen LogP contribution in [0.15, 0.2) is 30.3 Å². The van der Waals surface area contributed by atoms with Crippen molar-refractivity contribution in [1.29, 1.82) is 0 Å². The van der Waals surface area contributed by atoms with E-state index in [4.69, 9.17) is 4.74 Å². The molecule has 0 amide bonds. The van der Waals surface area contributed by atoms with Gasteiger partial charge in [-0.15, -0.1) is 0 Å². The van der Waals surface area contributed by atoms with Crippen molar-refractivity contribution in [3.63, 3.8) is 0 Å². The standard InChI is InChI=1S/C16H19NO4/c1-17-12-7-8-13(17)10-16(9-12,15(19)20)21-14(18)11-5-3-2-4-6-11/h2-6,12-13H,7-10H2,1H3,(H,19,20)/t12-,13+,16?. The van der Waals surface area contributed by atoms with E-state index >= 15 is 0 Å². The largest absolute Gasteiger partial charge is 0.478 e. The number of hydrogen-bond donors (Lipinski definition) is 1. The van der Waals surface area contributed by atoms with Crippen LogP contribution in [-0.4, -0.2) is 46.7 Å². The van der Waals surface area contributed by atoms with Crippen molar-refractivity contribution in [2.24, 2.45) is 0 Å². The monoisotopic (exact) mass is 289 g/mol. The van der Waals surface area contributed by atoms with Gasteiger partial charge in [-0.25, -0.2) is 9.59 Å². The average Bonchev–Trinajstić information content (AvgIpc) is 2.71. The fourth-order valence-electron chi connectivity index (χ4n) is 3.54. The predicted molar refractivity (Wildman–Crippen MR) is 76.0 cm³/mol. The van der Waals surface area contributed by atoms with Crippen molar-refractivity contribution in [1.82, 2.24) is 4.90 Å². The molecule has 5 heteroatoms. The number of ether oxygens (including phenoxy) is 1. The molecule has 5 nitrogen and oxygen atoms in total. The molecule has 2 heterocycles. The Morgan fingerprint density at radius 1 is 1.19 bits per heavy atom. The summed E-state index contributed by atoms with van der Waals surface area (Å²) in [7, 11) is 2.02. The first-order chi connectivity index (χ1) is 10.0. The first-order valence-electron chi connectivity index (χ1n) is 7.25. The molecule has 1 aromatic rings. The third-order valence-corrected chi connectivity index (χ3v) is 4.80. The van der Waals surface area contributed by atoms with Gasteiger partial charge >= 0.3 is 11.9 Å². The summed E-state index contributed by atoms with van der Waals surface area (Å²) in [4.78, 5) is 26.2. The molecule has 1 unspecified atom stereocenters. The Bertz CT molecular complexity index is 543. The van der Waals surface area contributed by atoms with Crippen molar-refractivity contribution in [2.45, 2.75) is 43.4 Å². The Morgan fingerprint density at radius 2 is 1.76 bits per heavy atom. The van der Waals surface area contributed by atoms with Gasteiger partial charge in [-0.3, -0.25) is 0 Å². The number of hydrogen-bond acceptors (Lipinski definition) is 4. The van der Waals surface area contributed by atoms with Gasteiger partial charge in [-0.2, -0.15) is 0 Å². The first-order valence-corrected chi connectivity index (χ1v) is 7.25. The van der Waals surface area contributed by atoms with Crippen LogP contribution < -0.4 is 0 Å². The second-order valence-corrected chi connectivity index (χ2v) is 6.01. The van der Waals surface area contributed by atoms with E-state index < -0.39 is 17.5 Å². The molecule has 2 bridgehead atoms. The zero-order valence-corrected chi connectivity index (χ0v) is 12.0. The highest BCUT2D eigenvalue weighted by Crippen LogP contribution is 2.42. The zero-order valence-electron chi connectivity index (χ0n) is 12.0. The van der Waals surface area contributed by atoms with Gasteiger partial charge in [0.15, 0.2) is 0 Å². The molecule has 3 atom stereocenters. The van der Waals surface area contributed by atoms with E-state index in [0.29, 0.717) is 18.4 Å². The van der Waals surface area contributed by atoms with E-state index in [2.05, 4.69) is 4.90 Å². The number of fused-ring (bicyclic) bond motifs is 2. The quantitative estimate of drug-likeness (QED) is 0.861. The summed E-state index contributed by atoms with van der Waals surface area (Å²) < 4.78 is 5.49. The molecule has 1 N–H and O–H groups in total. The Morgan fingerprint density at radius 3 is 2.29 bits per heavy atom. The minimum Gasteiger partial charge on any atom is -0.478 e. The molecule has 0 saturated carbocycles. The maximum atomic E-state index is 12.2. The van der Waals surface area contributed by atoms with Gasteiger partial charge in [0.25, 0.3) is 0 Å². The summed E-state index contributed by atoms with van der Waals surface area (Å²) in [5.41, 5.74) is -0.991. The topological polar surface area (TPSA) is 66.8 Å². The van der Waals surface area contributed by atoms with Gasteiger partial charge in [0.1, 0.15) is 0 Å². The molecular weight excluding hydrogens is 270 g/mol. The maximum absolute atomic E-state index is 12.2. The second-order valence-electron chi connectivity index (χ2n) is 6.01. The SMILES string of the molecule is CN1[C@@H]2CC[C@H]1CC(OC(=O)c1ccccc1)(C(=O)O)C2. The molecule has 2 aliphatic rings. The number of benzene rings is 1. The molecule has 3 rings (SSSR count). The summed E-state index contributed by atoms with van der Waals surface area (Å²) in [6, 6.07) is 8.93. The van der Waals surface area contributed by atoms with E-state index in [-0.39, 0.29) is 12.1 Å². The number of esters is 1. The second kappa shape index (κ2) is 5.15.